The predicted molar refractivity (Wildman–Crippen MR) is 101 cm³/mol. The minimum Gasteiger partial charge on any atom is -0.375 e. The van der Waals surface area contributed by atoms with E-state index in [-0.39, 0.29) is 6.10 Å². The Kier molecular flexibility index (Phi) is 4.68. The van der Waals surface area contributed by atoms with Gasteiger partial charge in [-0.1, -0.05) is 18.2 Å². The van der Waals surface area contributed by atoms with Crippen LogP contribution in [0.2, 0.25) is 0 Å². The zero-order valence-electron chi connectivity index (χ0n) is 14.5. The quantitative estimate of drug-likeness (QED) is 0.752. The summed E-state index contributed by atoms with van der Waals surface area (Å²) < 4.78 is 5.59. The van der Waals surface area contributed by atoms with E-state index in [4.69, 9.17) is 4.74 Å². The average molecular weight is 336 g/mol. The van der Waals surface area contributed by atoms with E-state index in [1.165, 1.54) is 22.0 Å². The molecule has 0 saturated carbocycles. The van der Waals surface area contributed by atoms with Crippen molar-refractivity contribution in [3.8, 4) is 0 Å². The number of benzene rings is 1. The summed E-state index contributed by atoms with van der Waals surface area (Å²) in [6.07, 6.45) is 4.23. The number of rotatable bonds is 5. The number of fused-ring (bicyclic) bond motifs is 1. The number of aromatic nitrogens is 2. The van der Waals surface area contributed by atoms with E-state index < -0.39 is 0 Å². The Balaban J connectivity index is 1.35. The topological polar surface area (TPSA) is 53.2 Å². The molecule has 3 aromatic rings. The monoisotopic (exact) mass is 336 g/mol. The first-order valence-electron chi connectivity index (χ1n) is 8.87. The number of hydrogen-bond donors (Lipinski definition) is 2. The Labute approximate surface area is 148 Å². The molecule has 1 aliphatic rings. The van der Waals surface area contributed by atoms with Crippen LogP contribution < -0.4 is 10.2 Å². The highest BCUT2D eigenvalue weighted by atomic mass is 16.5. The van der Waals surface area contributed by atoms with Crippen LogP contribution in [0.1, 0.15) is 18.1 Å². The molecule has 1 aromatic carbocycles. The average Bonchev–Trinajstić information content (AvgIpc) is 3.12. The molecule has 0 aliphatic carbocycles. The molecule has 1 unspecified atom stereocenters. The summed E-state index contributed by atoms with van der Waals surface area (Å²) in [5, 5.41) is 4.80. The molecule has 0 radical (unpaired) electrons. The highest BCUT2D eigenvalue weighted by molar-refractivity contribution is 5.82. The summed E-state index contributed by atoms with van der Waals surface area (Å²) in [4.78, 5) is 10.2. The third kappa shape index (κ3) is 3.67. The van der Waals surface area contributed by atoms with Crippen molar-refractivity contribution < 1.29 is 4.74 Å². The summed E-state index contributed by atoms with van der Waals surface area (Å²) >= 11 is 0. The van der Waals surface area contributed by atoms with Crippen LogP contribution in [0.5, 0.6) is 0 Å². The van der Waals surface area contributed by atoms with Gasteiger partial charge in [0, 0.05) is 49.5 Å². The Morgan fingerprint density at radius 2 is 2.20 bits per heavy atom. The number of nitrogens with zero attached hydrogens (tertiary/aromatic N) is 2. The molecule has 0 bridgehead atoms. The number of pyridine rings is 1. The van der Waals surface area contributed by atoms with Crippen molar-refractivity contribution in [1.82, 2.24) is 15.3 Å². The number of anilines is 1. The normalized spacial score (nSPS) is 18.0. The van der Waals surface area contributed by atoms with Crippen LogP contribution in [0.3, 0.4) is 0 Å². The molecule has 3 heterocycles. The Morgan fingerprint density at radius 3 is 3.04 bits per heavy atom. The molecule has 0 spiro atoms. The maximum atomic E-state index is 5.59. The van der Waals surface area contributed by atoms with E-state index in [9.17, 15) is 0 Å². The number of morpholine rings is 1. The molecule has 130 valence electrons. The van der Waals surface area contributed by atoms with Gasteiger partial charge >= 0.3 is 0 Å². The van der Waals surface area contributed by atoms with Crippen molar-refractivity contribution in [1.29, 1.82) is 0 Å². The van der Waals surface area contributed by atoms with Crippen molar-refractivity contribution in [2.45, 2.75) is 26.1 Å². The van der Waals surface area contributed by atoms with Gasteiger partial charge < -0.3 is 19.9 Å². The van der Waals surface area contributed by atoms with Crippen LogP contribution in [0.15, 0.2) is 48.8 Å². The second kappa shape index (κ2) is 7.25. The molecule has 1 atom stereocenters. The van der Waals surface area contributed by atoms with Gasteiger partial charge in [-0.3, -0.25) is 0 Å². The third-order valence-corrected chi connectivity index (χ3v) is 4.70. The van der Waals surface area contributed by atoms with Gasteiger partial charge in [0.05, 0.1) is 12.7 Å². The van der Waals surface area contributed by atoms with Crippen LogP contribution >= 0.6 is 0 Å². The summed E-state index contributed by atoms with van der Waals surface area (Å²) in [5.41, 5.74) is 3.70. The van der Waals surface area contributed by atoms with Crippen molar-refractivity contribution in [3.63, 3.8) is 0 Å². The van der Waals surface area contributed by atoms with Crippen molar-refractivity contribution in [3.05, 3.63) is 59.9 Å². The van der Waals surface area contributed by atoms with Gasteiger partial charge in [0.15, 0.2) is 0 Å². The van der Waals surface area contributed by atoms with Crippen molar-refractivity contribution >= 4 is 16.7 Å². The SMILES string of the molecule is CC1CN(c2ccc(CNCc3cccc4[nH]ccc34)cn2)CCO1. The lowest BCUT2D eigenvalue weighted by Crippen LogP contribution is -2.41. The van der Waals surface area contributed by atoms with Crippen LogP contribution in [0.4, 0.5) is 5.82 Å². The molecule has 0 amide bonds. The highest BCUT2D eigenvalue weighted by Crippen LogP contribution is 2.18. The van der Waals surface area contributed by atoms with E-state index in [1.54, 1.807) is 0 Å². The summed E-state index contributed by atoms with van der Waals surface area (Å²) in [7, 11) is 0. The zero-order valence-corrected chi connectivity index (χ0v) is 14.5. The van der Waals surface area contributed by atoms with Gasteiger partial charge in [0.1, 0.15) is 5.82 Å². The van der Waals surface area contributed by atoms with E-state index >= 15 is 0 Å². The first-order chi connectivity index (χ1) is 12.3. The van der Waals surface area contributed by atoms with Crippen LogP contribution in [0.25, 0.3) is 10.9 Å². The highest BCUT2D eigenvalue weighted by Gasteiger charge is 2.17. The molecule has 1 fully saturated rings. The third-order valence-electron chi connectivity index (χ3n) is 4.70. The molecule has 2 N–H and O–H groups in total. The van der Waals surface area contributed by atoms with Gasteiger partial charge in [-0.2, -0.15) is 0 Å². The first-order valence-corrected chi connectivity index (χ1v) is 8.87. The molecule has 4 rings (SSSR count). The lowest BCUT2D eigenvalue weighted by molar-refractivity contribution is 0.0529. The maximum absolute atomic E-state index is 5.59. The molecule has 5 heteroatoms. The Bertz CT molecular complexity index is 827. The largest absolute Gasteiger partial charge is 0.375 e. The first kappa shape index (κ1) is 16.1. The molecule has 1 aliphatic heterocycles. The van der Waals surface area contributed by atoms with Gasteiger partial charge in [-0.15, -0.1) is 0 Å². The van der Waals surface area contributed by atoms with E-state index in [0.717, 1.165) is 38.6 Å². The van der Waals surface area contributed by atoms with Crippen LogP contribution in [-0.2, 0) is 17.8 Å². The van der Waals surface area contributed by atoms with Crippen LogP contribution in [-0.4, -0.2) is 35.8 Å². The Morgan fingerprint density at radius 1 is 1.24 bits per heavy atom. The fourth-order valence-electron chi connectivity index (χ4n) is 3.38. The molecule has 25 heavy (non-hydrogen) atoms. The fourth-order valence-corrected chi connectivity index (χ4v) is 3.38. The van der Waals surface area contributed by atoms with Gasteiger partial charge in [0.2, 0.25) is 0 Å². The zero-order chi connectivity index (χ0) is 17.1. The summed E-state index contributed by atoms with van der Waals surface area (Å²) in [6.45, 7) is 6.36. The Hall–Kier alpha value is -2.37. The molecule has 2 aromatic heterocycles. The standard InChI is InChI=1S/C20H24N4O/c1-15-14-24(9-10-25-15)20-6-5-16(12-23-20)11-21-13-17-3-2-4-19-18(17)7-8-22-19/h2-8,12,15,21-22H,9-11,13-14H2,1H3. The van der Waals surface area contributed by atoms with Crippen molar-refractivity contribution in [2.75, 3.05) is 24.6 Å². The molecule has 5 nitrogen and oxygen atoms in total. The lowest BCUT2D eigenvalue weighted by atomic mass is 10.1. The summed E-state index contributed by atoms with van der Waals surface area (Å²) in [6, 6.07) is 12.8. The predicted octanol–water partition coefficient (Wildman–Crippen LogP) is 3.08. The second-order valence-electron chi connectivity index (χ2n) is 6.61. The van der Waals surface area contributed by atoms with Crippen molar-refractivity contribution in [2.24, 2.45) is 0 Å². The van der Waals surface area contributed by atoms with Gasteiger partial charge in [-0.05, 0) is 36.2 Å². The molecular weight excluding hydrogens is 312 g/mol. The maximum Gasteiger partial charge on any atom is 0.128 e. The van der Waals surface area contributed by atoms with E-state index in [1.807, 2.05) is 12.4 Å². The number of ether oxygens (including phenoxy) is 1. The molecular formula is C20H24N4O. The van der Waals surface area contributed by atoms with Gasteiger partial charge in [0.25, 0.3) is 0 Å². The second-order valence-corrected chi connectivity index (χ2v) is 6.61. The number of H-pyrrole nitrogens is 1. The molecule has 1 saturated heterocycles. The number of hydrogen-bond acceptors (Lipinski definition) is 4. The number of nitrogens with one attached hydrogen (secondary N) is 2. The smallest absolute Gasteiger partial charge is 0.128 e. The summed E-state index contributed by atoms with van der Waals surface area (Å²) in [5.74, 6) is 1.04. The van der Waals surface area contributed by atoms with Crippen LogP contribution in [0, 0.1) is 0 Å². The van der Waals surface area contributed by atoms with Gasteiger partial charge in [-0.25, -0.2) is 4.98 Å². The minimum absolute atomic E-state index is 0.271. The fraction of sp³-hybridized carbons (Fsp3) is 0.350. The lowest BCUT2D eigenvalue weighted by Gasteiger charge is -2.32. The minimum atomic E-state index is 0.271. The van der Waals surface area contributed by atoms with E-state index in [2.05, 4.69) is 63.5 Å². The number of aromatic amines is 1. The van der Waals surface area contributed by atoms with E-state index in [0.29, 0.717) is 0 Å².